The number of nitrogens with one attached hydrogen (secondary N) is 1. The van der Waals surface area contributed by atoms with Crippen molar-refractivity contribution in [3.63, 3.8) is 0 Å². The predicted octanol–water partition coefficient (Wildman–Crippen LogP) is 1.41. The van der Waals surface area contributed by atoms with Gasteiger partial charge in [0.2, 0.25) is 0 Å². The van der Waals surface area contributed by atoms with Crippen LogP contribution < -0.4 is 5.32 Å². The number of hydrogen-bond donors (Lipinski definition) is 1. The lowest BCUT2D eigenvalue weighted by molar-refractivity contribution is 0.0970. The smallest absolute Gasteiger partial charge is 0.0888 e. The predicted molar refractivity (Wildman–Crippen MR) is 72.3 cm³/mol. The van der Waals surface area contributed by atoms with Crippen molar-refractivity contribution in [3.8, 4) is 0 Å². The Bertz CT molecular complexity index is 351. The Kier molecular flexibility index (Phi) is 5.58. The highest BCUT2D eigenvalue weighted by Crippen LogP contribution is 2.06. The molecule has 1 saturated heterocycles. The topological polar surface area (TPSA) is 37.4 Å². The van der Waals surface area contributed by atoms with E-state index in [-0.39, 0.29) is 0 Å². The van der Waals surface area contributed by atoms with Crippen LogP contribution in [0.2, 0.25) is 0 Å². The highest BCUT2D eigenvalue weighted by Gasteiger charge is 2.10. The maximum Gasteiger partial charge on any atom is 0.0888 e. The van der Waals surface area contributed by atoms with Gasteiger partial charge < -0.3 is 15.0 Å². The first kappa shape index (κ1) is 13.5. The van der Waals surface area contributed by atoms with Crippen molar-refractivity contribution in [2.45, 2.75) is 26.0 Å². The van der Waals surface area contributed by atoms with Gasteiger partial charge in [0.25, 0.3) is 0 Å². The summed E-state index contributed by atoms with van der Waals surface area (Å²) in [5.41, 5.74) is 2.09. The molecule has 1 aromatic heterocycles. The number of aromatic nitrogens is 1. The van der Waals surface area contributed by atoms with Crippen LogP contribution in [0.3, 0.4) is 0 Å². The van der Waals surface area contributed by atoms with Gasteiger partial charge in [-0.2, -0.15) is 0 Å². The van der Waals surface area contributed by atoms with Crippen molar-refractivity contribution >= 4 is 0 Å². The van der Waals surface area contributed by atoms with Gasteiger partial charge in [-0.15, -0.1) is 0 Å². The minimum atomic E-state index is 0.616. The van der Waals surface area contributed by atoms with Crippen molar-refractivity contribution in [2.75, 3.05) is 33.3 Å². The van der Waals surface area contributed by atoms with Crippen LogP contribution in [0.25, 0.3) is 0 Å². The summed E-state index contributed by atoms with van der Waals surface area (Å²) in [5.74, 6) is 0. The molecule has 0 saturated carbocycles. The number of rotatable bonds is 7. The van der Waals surface area contributed by atoms with Gasteiger partial charge in [-0.25, -0.2) is 0 Å². The van der Waals surface area contributed by atoms with Crippen molar-refractivity contribution < 1.29 is 4.74 Å². The second-order valence-electron chi connectivity index (χ2n) is 4.75. The highest BCUT2D eigenvalue weighted by atomic mass is 16.5. The summed E-state index contributed by atoms with van der Waals surface area (Å²) in [6.07, 6.45) is 2.68. The van der Waals surface area contributed by atoms with E-state index in [2.05, 4.69) is 15.2 Å². The Morgan fingerprint density at radius 2 is 2.06 bits per heavy atom. The largest absolute Gasteiger partial charge is 0.374 e. The second kappa shape index (κ2) is 7.46. The molecule has 4 heteroatoms. The molecule has 2 heterocycles. The Morgan fingerprint density at radius 1 is 1.28 bits per heavy atom. The first-order chi connectivity index (χ1) is 8.88. The molecule has 0 amide bonds. The van der Waals surface area contributed by atoms with Gasteiger partial charge in [-0.3, -0.25) is 4.98 Å². The molecule has 0 unspecified atom stereocenters. The molecule has 4 nitrogen and oxygen atoms in total. The maximum absolute atomic E-state index is 5.69. The lowest BCUT2D eigenvalue weighted by Crippen LogP contribution is -2.24. The Labute approximate surface area is 109 Å². The average molecular weight is 249 g/mol. The van der Waals surface area contributed by atoms with Crippen molar-refractivity contribution in [2.24, 2.45) is 0 Å². The molecule has 2 rings (SSSR count). The van der Waals surface area contributed by atoms with E-state index < -0.39 is 0 Å². The summed E-state index contributed by atoms with van der Waals surface area (Å²) in [6.45, 7) is 5.75. The third-order valence-corrected chi connectivity index (χ3v) is 3.22. The molecule has 0 aliphatic carbocycles. The van der Waals surface area contributed by atoms with E-state index >= 15 is 0 Å². The first-order valence-corrected chi connectivity index (χ1v) is 6.78. The van der Waals surface area contributed by atoms with Crippen LogP contribution in [-0.2, 0) is 17.9 Å². The normalized spacial score (nSPS) is 16.3. The highest BCUT2D eigenvalue weighted by molar-refractivity contribution is 5.10. The van der Waals surface area contributed by atoms with Gasteiger partial charge in [-0.1, -0.05) is 6.07 Å². The fraction of sp³-hybridized carbons (Fsp3) is 0.643. The van der Waals surface area contributed by atoms with Crippen LogP contribution in [-0.4, -0.2) is 43.2 Å². The summed E-state index contributed by atoms with van der Waals surface area (Å²) in [6, 6.07) is 6.10. The average Bonchev–Trinajstić information content (AvgIpc) is 2.89. The van der Waals surface area contributed by atoms with E-state index in [1.54, 1.807) is 0 Å². The van der Waals surface area contributed by atoms with Crippen molar-refractivity contribution in [3.05, 3.63) is 29.6 Å². The number of likely N-dealkylation sites (tertiary alicyclic amines) is 1. The zero-order chi connectivity index (χ0) is 12.6. The molecular formula is C14H23N3O. The number of ether oxygens (including phenoxy) is 1. The summed E-state index contributed by atoms with van der Waals surface area (Å²) in [4.78, 5) is 6.99. The van der Waals surface area contributed by atoms with Gasteiger partial charge in [0, 0.05) is 13.1 Å². The molecule has 1 fully saturated rings. The molecule has 1 aliphatic rings. The fourth-order valence-corrected chi connectivity index (χ4v) is 2.27. The maximum atomic E-state index is 5.69. The quantitative estimate of drug-likeness (QED) is 0.742. The van der Waals surface area contributed by atoms with E-state index in [0.29, 0.717) is 6.61 Å². The van der Waals surface area contributed by atoms with Crippen LogP contribution in [0.4, 0.5) is 0 Å². The van der Waals surface area contributed by atoms with Crippen LogP contribution in [0.5, 0.6) is 0 Å². The van der Waals surface area contributed by atoms with Gasteiger partial charge in [0.15, 0.2) is 0 Å². The SMILES string of the molecule is CNCc1cccc(COCCN2CCCC2)n1. The number of nitrogens with zero attached hydrogens (tertiary/aromatic N) is 2. The van der Waals surface area contributed by atoms with Crippen molar-refractivity contribution in [1.29, 1.82) is 0 Å². The Morgan fingerprint density at radius 3 is 2.83 bits per heavy atom. The summed E-state index contributed by atoms with van der Waals surface area (Å²) in [7, 11) is 1.93. The lowest BCUT2D eigenvalue weighted by atomic mass is 10.3. The molecule has 100 valence electrons. The summed E-state index contributed by atoms with van der Waals surface area (Å²) in [5, 5.41) is 3.11. The van der Waals surface area contributed by atoms with Crippen LogP contribution >= 0.6 is 0 Å². The Hall–Kier alpha value is -0.970. The molecule has 0 bridgehead atoms. The summed E-state index contributed by atoms with van der Waals surface area (Å²) >= 11 is 0. The van der Waals surface area contributed by atoms with E-state index in [9.17, 15) is 0 Å². The molecule has 18 heavy (non-hydrogen) atoms. The zero-order valence-corrected chi connectivity index (χ0v) is 11.2. The molecule has 0 aromatic carbocycles. The molecule has 0 spiro atoms. The molecule has 1 aromatic rings. The van der Waals surface area contributed by atoms with Gasteiger partial charge >= 0.3 is 0 Å². The van der Waals surface area contributed by atoms with Crippen LogP contribution in [0, 0.1) is 0 Å². The standard InChI is InChI=1S/C14H23N3O/c1-15-11-13-5-4-6-14(16-13)12-18-10-9-17-7-2-3-8-17/h4-6,15H,2-3,7-12H2,1H3. The number of hydrogen-bond acceptors (Lipinski definition) is 4. The Balaban J connectivity index is 1.67. The molecule has 0 radical (unpaired) electrons. The van der Waals surface area contributed by atoms with E-state index in [1.807, 2.05) is 25.2 Å². The second-order valence-corrected chi connectivity index (χ2v) is 4.75. The zero-order valence-electron chi connectivity index (χ0n) is 11.2. The van der Waals surface area contributed by atoms with Gasteiger partial charge in [0.1, 0.15) is 0 Å². The van der Waals surface area contributed by atoms with E-state index in [0.717, 1.165) is 31.1 Å². The molecule has 0 atom stereocenters. The van der Waals surface area contributed by atoms with E-state index in [1.165, 1.54) is 25.9 Å². The van der Waals surface area contributed by atoms with Crippen molar-refractivity contribution in [1.82, 2.24) is 15.2 Å². The molecule has 1 N–H and O–H groups in total. The first-order valence-electron chi connectivity index (χ1n) is 6.78. The minimum absolute atomic E-state index is 0.616. The summed E-state index contributed by atoms with van der Waals surface area (Å²) < 4.78 is 5.69. The fourth-order valence-electron chi connectivity index (χ4n) is 2.27. The minimum Gasteiger partial charge on any atom is -0.374 e. The third kappa shape index (κ3) is 4.37. The lowest BCUT2D eigenvalue weighted by Gasteiger charge is -2.14. The monoisotopic (exact) mass is 249 g/mol. The molecule has 1 aliphatic heterocycles. The van der Waals surface area contributed by atoms with Gasteiger partial charge in [-0.05, 0) is 45.1 Å². The third-order valence-electron chi connectivity index (χ3n) is 3.22. The van der Waals surface area contributed by atoms with E-state index in [4.69, 9.17) is 4.74 Å². The van der Waals surface area contributed by atoms with Crippen LogP contribution in [0.1, 0.15) is 24.2 Å². The van der Waals surface area contributed by atoms with Gasteiger partial charge in [0.05, 0.1) is 24.6 Å². The van der Waals surface area contributed by atoms with Crippen LogP contribution in [0.15, 0.2) is 18.2 Å². The molecular weight excluding hydrogens is 226 g/mol. The number of pyridine rings is 1.